The largest absolute Gasteiger partial charge is 0.399 e. The molecule has 0 heterocycles. The number of nitrogen functional groups attached to an aromatic ring is 1. The smallest absolute Gasteiger partial charge is 0.0347 e. The molecule has 0 fully saturated rings. The van der Waals surface area contributed by atoms with Crippen molar-refractivity contribution >= 4 is 5.69 Å². The fraction of sp³-hybridized carbons (Fsp3) is 0.333. The number of hydrogen-bond donors (Lipinski definition) is 2. The highest BCUT2D eigenvalue weighted by Gasteiger charge is 1.98. The molecule has 1 aromatic carbocycles. The third kappa shape index (κ3) is 2.51. The molecule has 0 aromatic heterocycles. The first-order valence-electron chi connectivity index (χ1n) is 4.71. The van der Waals surface area contributed by atoms with E-state index in [9.17, 15) is 0 Å². The summed E-state index contributed by atoms with van der Waals surface area (Å²) in [6.45, 7) is 4.62. The molecular weight excluding hydrogens is 172 g/mol. The molecule has 0 saturated carbocycles. The molecule has 2 nitrogen and oxygen atoms in total. The summed E-state index contributed by atoms with van der Waals surface area (Å²) in [6.07, 6.45) is 0.739. The molecule has 4 N–H and O–H groups in total. The zero-order chi connectivity index (χ0) is 10.6. The maximum Gasteiger partial charge on any atom is 0.0347 e. The van der Waals surface area contributed by atoms with Crippen molar-refractivity contribution in [2.45, 2.75) is 20.3 Å². The van der Waals surface area contributed by atoms with Crippen LogP contribution in [0.1, 0.15) is 23.1 Å². The van der Waals surface area contributed by atoms with Gasteiger partial charge in [-0.1, -0.05) is 11.8 Å². The highest BCUT2D eigenvalue weighted by Crippen LogP contribution is 2.16. The lowest BCUT2D eigenvalue weighted by molar-refractivity contribution is 1.03. The zero-order valence-corrected chi connectivity index (χ0v) is 8.72. The first-order valence-corrected chi connectivity index (χ1v) is 4.71. The van der Waals surface area contributed by atoms with E-state index in [0.29, 0.717) is 6.54 Å². The maximum atomic E-state index is 5.78. The van der Waals surface area contributed by atoms with Gasteiger partial charge in [-0.05, 0) is 37.1 Å². The molecule has 1 aromatic rings. The molecule has 0 amide bonds. The molecule has 0 aliphatic rings. The van der Waals surface area contributed by atoms with Crippen LogP contribution in [-0.4, -0.2) is 6.54 Å². The number of benzene rings is 1. The molecule has 0 bridgehead atoms. The molecular formula is C12H16N2. The van der Waals surface area contributed by atoms with Crippen molar-refractivity contribution in [1.29, 1.82) is 0 Å². The SMILES string of the molecule is Cc1cc(C#CCCN)c(C)cc1N. The van der Waals surface area contributed by atoms with Crippen molar-refractivity contribution in [3.8, 4) is 11.8 Å². The predicted octanol–water partition coefficient (Wildman–Crippen LogP) is 1.59. The van der Waals surface area contributed by atoms with Gasteiger partial charge in [0.05, 0.1) is 0 Å². The molecule has 0 saturated heterocycles. The molecule has 0 aliphatic heterocycles. The summed E-state index contributed by atoms with van der Waals surface area (Å²) in [4.78, 5) is 0. The molecule has 0 radical (unpaired) electrons. The normalized spacial score (nSPS) is 9.36. The first-order chi connectivity index (χ1) is 6.65. The average Bonchev–Trinajstić information content (AvgIpc) is 2.14. The van der Waals surface area contributed by atoms with Crippen molar-refractivity contribution in [2.75, 3.05) is 12.3 Å². The lowest BCUT2D eigenvalue weighted by Gasteiger charge is -2.03. The van der Waals surface area contributed by atoms with E-state index < -0.39 is 0 Å². The van der Waals surface area contributed by atoms with Crippen molar-refractivity contribution in [1.82, 2.24) is 0 Å². The van der Waals surface area contributed by atoms with Crippen molar-refractivity contribution in [3.63, 3.8) is 0 Å². The Labute approximate surface area is 85.3 Å². The van der Waals surface area contributed by atoms with Crippen LogP contribution in [0, 0.1) is 25.7 Å². The van der Waals surface area contributed by atoms with Gasteiger partial charge in [-0.15, -0.1) is 0 Å². The molecule has 2 heteroatoms. The van der Waals surface area contributed by atoms with Crippen molar-refractivity contribution in [3.05, 3.63) is 28.8 Å². The van der Waals surface area contributed by atoms with E-state index in [2.05, 4.69) is 11.8 Å². The van der Waals surface area contributed by atoms with Gasteiger partial charge in [0.25, 0.3) is 0 Å². The maximum absolute atomic E-state index is 5.78. The van der Waals surface area contributed by atoms with E-state index in [1.54, 1.807) is 0 Å². The van der Waals surface area contributed by atoms with Crippen LogP contribution >= 0.6 is 0 Å². The number of rotatable bonds is 1. The number of anilines is 1. The first kappa shape index (κ1) is 10.6. The van der Waals surface area contributed by atoms with E-state index in [0.717, 1.165) is 28.8 Å². The van der Waals surface area contributed by atoms with E-state index in [1.807, 2.05) is 26.0 Å². The summed E-state index contributed by atoms with van der Waals surface area (Å²) >= 11 is 0. The Morgan fingerprint density at radius 2 is 1.93 bits per heavy atom. The third-order valence-electron chi connectivity index (χ3n) is 2.11. The van der Waals surface area contributed by atoms with Gasteiger partial charge in [0, 0.05) is 24.2 Å². The summed E-state index contributed by atoms with van der Waals surface area (Å²) in [5.41, 5.74) is 15.2. The summed E-state index contributed by atoms with van der Waals surface area (Å²) < 4.78 is 0. The van der Waals surface area contributed by atoms with E-state index in [1.165, 1.54) is 0 Å². The van der Waals surface area contributed by atoms with Gasteiger partial charge in [-0.3, -0.25) is 0 Å². The quantitative estimate of drug-likeness (QED) is 0.519. The van der Waals surface area contributed by atoms with Crippen LogP contribution in [0.25, 0.3) is 0 Å². The van der Waals surface area contributed by atoms with Crippen LogP contribution in [0.15, 0.2) is 12.1 Å². The number of hydrogen-bond acceptors (Lipinski definition) is 2. The minimum absolute atomic E-state index is 0.611. The highest BCUT2D eigenvalue weighted by atomic mass is 14.6. The summed E-state index contributed by atoms with van der Waals surface area (Å²) in [5, 5.41) is 0. The average molecular weight is 188 g/mol. The van der Waals surface area contributed by atoms with E-state index >= 15 is 0 Å². The second-order valence-corrected chi connectivity index (χ2v) is 3.36. The van der Waals surface area contributed by atoms with Gasteiger partial charge < -0.3 is 11.5 Å². The zero-order valence-electron chi connectivity index (χ0n) is 8.72. The molecule has 0 atom stereocenters. The number of aryl methyl sites for hydroxylation is 2. The second kappa shape index (κ2) is 4.69. The summed E-state index contributed by atoms with van der Waals surface area (Å²) in [5.74, 6) is 6.12. The van der Waals surface area contributed by atoms with Gasteiger partial charge in [0.2, 0.25) is 0 Å². The fourth-order valence-corrected chi connectivity index (χ4v) is 1.20. The third-order valence-corrected chi connectivity index (χ3v) is 2.11. The lowest BCUT2D eigenvalue weighted by Crippen LogP contribution is -1.96. The van der Waals surface area contributed by atoms with Crippen molar-refractivity contribution in [2.24, 2.45) is 5.73 Å². The minimum atomic E-state index is 0.611. The molecule has 74 valence electrons. The van der Waals surface area contributed by atoms with Gasteiger partial charge >= 0.3 is 0 Å². The fourth-order valence-electron chi connectivity index (χ4n) is 1.20. The molecule has 0 spiro atoms. The number of nitrogens with two attached hydrogens (primary N) is 2. The second-order valence-electron chi connectivity index (χ2n) is 3.36. The van der Waals surface area contributed by atoms with Gasteiger partial charge in [-0.2, -0.15) is 0 Å². The lowest BCUT2D eigenvalue weighted by atomic mass is 10.0. The molecule has 0 unspecified atom stereocenters. The van der Waals surface area contributed by atoms with Gasteiger partial charge in [0.1, 0.15) is 0 Å². The van der Waals surface area contributed by atoms with Crippen LogP contribution in [0.5, 0.6) is 0 Å². The van der Waals surface area contributed by atoms with Crippen LogP contribution in [-0.2, 0) is 0 Å². The van der Waals surface area contributed by atoms with Crippen molar-refractivity contribution < 1.29 is 0 Å². The Balaban J connectivity index is 3.00. The molecule has 14 heavy (non-hydrogen) atoms. The topological polar surface area (TPSA) is 52.0 Å². The Bertz CT molecular complexity index is 383. The van der Waals surface area contributed by atoms with Crippen LogP contribution in [0.4, 0.5) is 5.69 Å². The monoisotopic (exact) mass is 188 g/mol. The standard InChI is InChI=1S/C12H16N2/c1-9-8-12(14)10(2)7-11(9)5-3-4-6-13/h7-8H,4,6,13-14H2,1-2H3. The van der Waals surface area contributed by atoms with Gasteiger partial charge in [-0.25, -0.2) is 0 Å². The summed E-state index contributed by atoms with van der Waals surface area (Å²) in [7, 11) is 0. The van der Waals surface area contributed by atoms with E-state index in [-0.39, 0.29) is 0 Å². The van der Waals surface area contributed by atoms with Gasteiger partial charge in [0.15, 0.2) is 0 Å². The molecule has 0 aliphatic carbocycles. The molecule has 1 rings (SSSR count). The Morgan fingerprint density at radius 1 is 1.21 bits per heavy atom. The van der Waals surface area contributed by atoms with Crippen LogP contribution in [0.2, 0.25) is 0 Å². The Kier molecular flexibility index (Phi) is 3.55. The highest BCUT2D eigenvalue weighted by molar-refractivity contribution is 5.55. The van der Waals surface area contributed by atoms with Crippen LogP contribution < -0.4 is 11.5 Å². The predicted molar refractivity (Wildman–Crippen MR) is 60.9 cm³/mol. The summed E-state index contributed by atoms with van der Waals surface area (Å²) in [6, 6.07) is 3.98. The minimum Gasteiger partial charge on any atom is -0.399 e. The van der Waals surface area contributed by atoms with E-state index in [4.69, 9.17) is 11.5 Å². The van der Waals surface area contributed by atoms with Crippen LogP contribution in [0.3, 0.4) is 0 Å². The Morgan fingerprint density at radius 3 is 2.57 bits per heavy atom. The Hall–Kier alpha value is -1.46.